The van der Waals surface area contributed by atoms with Gasteiger partial charge < -0.3 is 9.80 Å². The summed E-state index contributed by atoms with van der Waals surface area (Å²) < 4.78 is 0. The minimum Gasteiger partial charge on any atom is -0.336 e. The number of nitro benzene ring substituents is 1. The van der Waals surface area contributed by atoms with E-state index in [4.69, 9.17) is 0 Å². The fourth-order valence-electron chi connectivity index (χ4n) is 2.82. The van der Waals surface area contributed by atoms with E-state index in [1.54, 1.807) is 24.3 Å². The zero-order valence-corrected chi connectivity index (χ0v) is 15.4. The molecule has 1 heterocycles. The molecule has 28 heavy (non-hydrogen) atoms. The monoisotopic (exact) mass is 383 g/mol. The lowest BCUT2D eigenvalue weighted by Gasteiger charge is -2.32. The lowest BCUT2D eigenvalue weighted by Crippen LogP contribution is -2.47. The van der Waals surface area contributed by atoms with Gasteiger partial charge in [-0.3, -0.25) is 30.6 Å². The van der Waals surface area contributed by atoms with Crippen LogP contribution in [0.5, 0.6) is 0 Å². The van der Waals surface area contributed by atoms with Crippen LogP contribution in [0, 0.1) is 10.1 Å². The Morgan fingerprint density at radius 1 is 0.929 bits per heavy atom. The Morgan fingerprint density at radius 3 is 2.07 bits per heavy atom. The summed E-state index contributed by atoms with van der Waals surface area (Å²) in [6, 6.07) is 12.1. The second-order valence-electron chi connectivity index (χ2n) is 6.56. The van der Waals surface area contributed by atoms with Crippen molar-refractivity contribution in [2.75, 3.05) is 38.7 Å². The molecule has 0 spiro atoms. The van der Waals surface area contributed by atoms with Crippen molar-refractivity contribution in [3.63, 3.8) is 0 Å². The molecule has 0 saturated carbocycles. The molecule has 2 amide bonds. The first kappa shape index (κ1) is 19.3. The zero-order valence-electron chi connectivity index (χ0n) is 15.4. The highest BCUT2D eigenvalue weighted by Gasteiger charge is 2.20. The Balaban J connectivity index is 1.54. The van der Waals surface area contributed by atoms with Crippen LogP contribution in [-0.4, -0.2) is 59.8 Å². The van der Waals surface area contributed by atoms with Crippen molar-refractivity contribution in [1.29, 1.82) is 0 Å². The number of benzene rings is 2. The van der Waals surface area contributed by atoms with Crippen molar-refractivity contribution in [3.05, 3.63) is 69.8 Å². The number of likely N-dealkylation sites (N-methyl/N-ethyl adjacent to an activating group) is 1. The van der Waals surface area contributed by atoms with Gasteiger partial charge in [-0.15, -0.1) is 0 Å². The van der Waals surface area contributed by atoms with Gasteiger partial charge in [0.05, 0.1) is 10.6 Å². The van der Waals surface area contributed by atoms with Gasteiger partial charge in [0.15, 0.2) is 0 Å². The van der Waals surface area contributed by atoms with Crippen molar-refractivity contribution in [1.82, 2.24) is 15.2 Å². The van der Waals surface area contributed by atoms with E-state index in [0.717, 1.165) is 13.1 Å². The number of hydrazine groups is 1. The molecule has 0 atom stereocenters. The van der Waals surface area contributed by atoms with E-state index >= 15 is 0 Å². The maximum atomic E-state index is 12.5. The molecule has 1 saturated heterocycles. The van der Waals surface area contributed by atoms with Crippen LogP contribution in [0.3, 0.4) is 0 Å². The normalized spacial score (nSPS) is 14.4. The largest absolute Gasteiger partial charge is 0.336 e. The number of piperazine rings is 1. The van der Waals surface area contributed by atoms with Crippen molar-refractivity contribution >= 4 is 23.2 Å². The SMILES string of the molecule is CN1CCN(C(=O)c2ccc(NNC(=O)c3ccc([N+](=O)[O-])cc3)cc2)CC1. The number of nitrogens with one attached hydrogen (secondary N) is 2. The summed E-state index contributed by atoms with van der Waals surface area (Å²) in [5, 5.41) is 10.6. The lowest BCUT2D eigenvalue weighted by atomic mass is 10.1. The van der Waals surface area contributed by atoms with Crippen LogP contribution >= 0.6 is 0 Å². The summed E-state index contributed by atoms with van der Waals surface area (Å²) in [6.45, 7) is 3.14. The van der Waals surface area contributed by atoms with Gasteiger partial charge in [0.2, 0.25) is 0 Å². The number of non-ortho nitro benzene ring substituents is 1. The fourth-order valence-corrected chi connectivity index (χ4v) is 2.82. The summed E-state index contributed by atoms with van der Waals surface area (Å²) in [5.74, 6) is -0.429. The Hall–Kier alpha value is -3.46. The molecule has 0 radical (unpaired) electrons. The molecule has 2 N–H and O–H groups in total. The van der Waals surface area contributed by atoms with Crippen LogP contribution in [0.4, 0.5) is 11.4 Å². The number of rotatable bonds is 5. The van der Waals surface area contributed by atoms with Gasteiger partial charge in [-0.05, 0) is 43.4 Å². The maximum absolute atomic E-state index is 12.5. The number of hydrogen-bond donors (Lipinski definition) is 2. The van der Waals surface area contributed by atoms with Gasteiger partial charge in [-0.1, -0.05) is 0 Å². The van der Waals surface area contributed by atoms with Crippen LogP contribution in [0.2, 0.25) is 0 Å². The Kier molecular flexibility index (Phi) is 5.85. The van der Waals surface area contributed by atoms with Crippen LogP contribution in [-0.2, 0) is 0 Å². The topological polar surface area (TPSA) is 108 Å². The van der Waals surface area contributed by atoms with Gasteiger partial charge in [-0.2, -0.15) is 0 Å². The second kappa shape index (κ2) is 8.49. The van der Waals surface area contributed by atoms with Crippen molar-refractivity contribution in [3.8, 4) is 0 Å². The van der Waals surface area contributed by atoms with E-state index in [-0.39, 0.29) is 11.6 Å². The molecule has 0 aromatic heterocycles. The molecule has 2 aromatic rings. The first-order chi connectivity index (χ1) is 13.4. The predicted octanol–water partition coefficient (Wildman–Crippen LogP) is 1.74. The Bertz CT molecular complexity index is 859. The summed E-state index contributed by atoms with van der Waals surface area (Å²) in [7, 11) is 2.03. The first-order valence-corrected chi connectivity index (χ1v) is 8.83. The van der Waals surface area contributed by atoms with Crippen molar-refractivity contribution in [2.45, 2.75) is 0 Å². The average molecular weight is 383 g/mol. The molecule has 2 aromatic carbocycles. The summed E-state index contributed by atoms with van der Waals surface area (Å²) >= 11 is 0. The zero-order chi connectivity index (χ0) is 20.1. The smallest absolute Gasteiger partial charge is 0.269 e. The third kappa shape index (κ3) is 4.63. The fraction of sp³-hybridized carbons (Fsp3) is 0.263. The third-order valence-electron chi connectivity index (χ3n) is 4.58. The first-order valence-electron chi connectivity index (χ1n) is 8.83. The quantitative estimate of drug-likeness (QED) is 0.601. The van der Waals surface area contributed by atoms with E-state index in [1.165, 1.54) is 24.3 Å². The van der Waals surface area contributed by atoms with E-state index in [9.17, 15) is 19.7 Å². The summed E-state index contributed by atoms with van der Waals surface area (Å²) in [6.07, 6.45) is 0. The number of hydrogen-bond acceptors (Lipinski definition) is 6. The summed E-state index contributed by atoms with van der Waals surface area (Å²) in [5.41, 5.74) is 6.71. The average Bonchev–Trinajstić information content (AvgIpc) is 2.72. The van der Waals surface area contributed by atoms with E-state index < -0.39 is 10.8 Å². The number of nitro groups is 1. The van der Waals surface area contributed by atoms with Crippen molar-refractivity contribution < 1.29 is 14.5 Å². The molecule has 0 unspecified atom stereocenters. The standard InChI is InChI=1S/C19H21N5O4/c1-22-10-12-23(13-11-22)19(26)15-2-6-16(7-3-15)20-21-18(25)14-4-8-17(9-5-14)24(27)28/h2-9,20H,10-13H2,1H3,(H,21,25). The van der Waals surface area contributed by atoms with Gasteiger partial charge in [0.1, 0.15) is 0 Å². The summed E-state index contributed by atoms with van der Waals surface area (Å²) in [4.78, 5) is 38.8. The van der Waals surface area contributed by atoms with E-state index in [0.29, 0.717) is 29.9 Å². The highest BCUT2D eigenvalue weighted by atomic mass is 16.6. The second-order valence-corrected chi connectivity index (χ2v) is 6.56. The van der Waals surface area contributed by atoms with Gasteiger partial charge in [-0.25, -0.2) is 0 Å². The number of carbonyl (C=O) groups is 2. The molecule has 1 aliphatic rings. The Labute approximate surface area is 162 Å². The number of amides is 2. The molecule has 146 valence electrons. The minimum absolute atomic E-state index is 0.00503. The predicted molar refractivity (Wildman–Crippen MR) is 104 cm³/mol. The van der Waals surface area contributed by atoms with Gasteiger partial charge in [0, 0.05) is 49.4 Å². The molecular formula is C19H21N5O4. The van der Waals surface area contributed by atoms with E-state index in [1.807, 2.05) is 11.9 Å². The molecule has 3 rings (SSSR count). The molecule has 1 fully saturated rings. The number of carbonyl (C=O) groups excluding carboxylic acids is 2. The van der Waals surface area contributed by atoms with Crippen LogP contribution in [0.15, 0.2) is 48.5 Å². The van der Waals surface area contributed by atoms with Crippen LogP contribution < -0.4 is 10.9 Å². The third-order valence-corrected chi connectivity index (χ3v) is 4.58. The van der Waals surface area contributed by atoms with Gasteiger partial charge >= 0.3 is 0 Å². The van der Waals surface area contributed by atoms with Crippen LogP contribution in [0.25, 0.3) is 0 Å². The molecule has 1 aliphatic heterocycles. The minimum atomic E-state index is -0.523. The molecule has 9 heteroatoms. The van der Waals surface area contributed by atoms with Crippen LogP contribution in [0.1, 0.15) is 20.7 Å². The lowest BCUT2D eigenvalue weighted by molar-refractivity contribution is -0.384. The van der Waals surface area contributed by atoms with Gasteiger partial charge in [0.25, 0.3) is 17.5 Å². The molecular weight excluding hydrogens is 362 g/mol. The van der Waals surface area contributed by atoms with Crippen molar-refractivity contribution in [2.24, 2.45) is 0 Å². The highest BCUT2D eigenvalue weighted by Crippen LogP contribution is 2.14. The highest BCUT2D eigenvalue weighted by molar-refractivity contribution is 5.96. The molecule has 9 nitrogen and oxygen atoms in total. The number of anilines is 1. The molecule has 0 bridgehead atoms. The Morgan fingerprint density at radius 2 is 1.50 bits per heavy atom. The van der Waals surface area contributed by atoms with E-state index in [2.05, 4.69) is 15.8 Å². The maximum Gasteiger partial charge on any atom is 0.269 e. The number of nitrogens with zero attached hydrogens (tertiary/aromatic N) is 3. The molecule has 0 aliphatic carbocycles.